The minimum absolute atomic E-state index is 0.292. The Labute approximate surface area is 59.5 Å². The molecule has 0 spiro atoms. The lowest BCUT2D eigenvalue weighted by Crippen LogP contribution is -2.06. The number of nitrogens with one attached hydrogen (secondary N) is 1. The Hall–Kier alpha value is -1.92. The minimum atomic E-state index is -0.684. The van der Waals surface area contributed by atoms with Crippen LogP contribution < -0.4 is 5.69 Å². The largest absolute Gasteiger partial charge is 0.389 e. The SMILES string of the molecule is O=c1nnnc2cn[nH]c2n1. The number of aromatic nitrogens is 6. The molecule has 0 fully saturated rings. The highest BCUT2D eigenvalue weighted by Gasteiger charge is 1.95. The molecule has 0 unspecified atom stereocenters. The van der Waals surface area contributed by atoms with E-state index in [1.165, 1.54) is 6.20 Å². The smallest absolute Gasteiger partial charge is 0.259 e. The van der Waals surface area contributed by atoms with Crippen molar-refractivity contribution in [1.82, 2.24) is 30.6 Å². The molecule has 11 heavy (non-hydrogen) atoms. The molecule has 54 valence electrons. The molecule has 0 saturated carbocycles. The monoisotopic (exact) mass is 150 g/mol. The van der Waals surface area contributed by atoms with E-state index >= 15 is 0 Å². The molecule has 7 heteroatoms. The lowest BCUT2D eigenvalue weighted by atomic mass is 10.6. The summed E-state index contributed by atoms with van der Waals surface area (Å²) in [6, 6.07) is 0. The van der Waals surface area contributed by atoms with E-state index in [1.54, 1.807) is 0 Å². The van der Waals surface area contributed by atoms with Gasteiger partial charge in [-0.3, -0.25) is 5.10 Å². The lowest BCUT2D eigenvalue weighted by Gasteiger charge is -1.68. The first-order chi connectivity index (χ1) is 5.36. The molecule has 0 aliphatic rings. The Morgan fingerprint density at radius 3 is 3.18 bits per heavy atom. The molecule has 7 nitrogen and oxygen atoms in total. The first-order valence-corrected chi connectivity index (χ1v) is 2.77. The van der Waals surface area contributed by atoms with Gasteiger partial charge in [-0.25, -0.2) is 4.79 Å². The first-order valence-electron chi connectivity index (χ1n) is 2.77. The molecule has 2 heterocycles. The van der Waals surface area contributed by atoms with Gasteiger partial charge >= 0.3 is 5.69 Å². The van der Waals surface area contributed by atoms with E-state index in [0.29, 0.717) is 11.2 Å². The third kappa shape index (κ3) is 0.914. The van der Waals surface area contributed by atoms with Crippen molar-refractivity contribution in [2.45, 2.75) is 0 Å². The number of fused-ring (bicyclic) bond motifs is 1. The topological polar surface area (TPSA) is 97.3 Å². The molecular formula is C4H2N6O. The molecule has 0 aliphatic carbocycles. The van der Waals surface area contributed by atoms with E-state index in [-0.39, 0.29) is 0 Å². The molecule has 2 aromatic rings. The summed E-state index contributed by atoms with van der Waals surface area (Å²) in [5.41, 5.74) is 0.0244. The van der Waals surface area contributed by atoms with E-state index in [9.17, 15) is 4.79 Å². The highest BCUT2D eigenvalue weighted by atomic mass is 16.1. The fourth-order valence-electron chi connectivity index (χ4n) is 0.655. The van der Waals surface area contributed by atoms with E-state index in [2.05, 4.69) is 30.6 Å². The van der Waals surface area contributed by atoms with Crippen molar-refractivity contribution in [2.24, 2.45) is 0 Å². The summed E-state index contributed by atoms with van der Waals surface area (Å²) in [6.07, 6.45) is 1.41. The Kier molecular flexibility index (Phi) is 1.08. The van der Waals surface area contributed by atoms with Crippen molar-refractivity contribution < 1.29 is 0 Å². The molecule has 0 bridgehead atoms. The Bertz CT molecular complexity index is 436. The number of nitrogens with zero attached hydrogens (tertiary/aromatic N) is 5. The van der Waals surface area contributed by atoms with Gasteiger partial charge in [0.25, 0.3) is 0 Å². The fourth-order valence-corrected chi connectivity index (χ4v) is 0.655. The molecule has 2 rings (SSSR count). The standard InChI is InChI=1S/C4H2N6O/c11-4-6-3-2(1-5-8-3)7-10-9-4/h1H,(H,6,7,8,9,11). The van der Waals surface area contributed by atoms with Gasteiger partial charge in [0.1, 0.15) is 0 Å². The number of aromatic amines is 1. The van der Waals surface area contributed by atoms with Gasteiger partial charge < -0.3 is 0 Å². The Morgan fingerprint density at radius 1 is 1.36 bits per heavy atom. The second-order valence-corrected chi connectivity index (χ2v) is 1.79. The average Bonchev–Trinajstić information content (AvgIpc) is 2.31. The second-order valence-electron chi connectivity index (χ2n) is 1.79. The summed E-state index contributed by atoms with van der Waals surface area (Å²) in [6.45, 7) is 0. The van der Waals surface area contributed by atoms with Crippen LogP contribution in [0, 0.1) is 0 Å². The quantitative estimate of drug-likeness (QED) is 0.491. The van der Waals surface area contributed by atoms with E-state index in [0.717, 1.165) is 0 Å². The number of rotatable bonds is 0. The van der Waals surface area contributed by atoms with Crippen LogP contribution in [0.15, 0.2) is 11.0 Å². The van der Waals surface area contributed by atoms with Crippen molar-refractivity contribution >= 4 is 11.2 Å². The number of hydrogen-bond donors (Lipinski definition) is 1. The van der Waals surface area contributed by atoms with Gasteiger partial charge in [-0.2, -0.15) is 10.1 Å². The highest BCUT2D eigenvalue weighted by molar-refractivity contribution is 5.66. The maximum Gasteiger partial charge on any atom is 0.389 e. The van der Waals surface area contributed by atoms with Crippen LogP contribution in [-0.2, 0) is 0 Å². The van der Waals surface area contributed by atoms with Crippen LogP contribution in [0.3, 0.4) is 0 Å². The normalized spacial score (nSPS) is 10.2. The van der Waals surface area contributed by atoms with Gasteiger partial charge in [-0.15, -0.1) is 5.10 Å². The summed E-state index contributed by atoms with van der Waals surface area (Å²) in [7, 11) is 0. The van der Waals surface area contributed by atoms with Crippen LogP contribution in [0.5, 0.6) is 0 Å². The van der Waals surface area contributed by atoms with Crippen molar-refractivity contribution in [1.29, 1.82) is 0 Å². The molecular weight excluding hydrogens is 148 g/mol. The number of H-pyrrole nitrogens is 1. The highest BCUT2D eigenvalue weighted by Crippen LogP contribution is 1.95. The molecule has 0 radical (unpaired) electrons. The van der Waals surface area contributed by atoms with Gasteiger partial charge in [0.2, 0.25) is 0 Å². The maximum absolute atomic E-state index is 10.6. The van der Waals surface area contributed by atoms with Gasteiger partial charge in [0, 0.05) is 0 Å². The third-order valence-electron chi connectivity index (χ3n) is 1.09. The summed E-state index contributed by atoms with van der Waals surface area (Å²) < 4.78 is 0. The zero-order chi connectivity index (χ0) is 7.68. The second kappa shape index (κ2) is 2.04. The zero-order valence-electron chi connectivity index (χ0n) is 5.22. The molecule has 1 N–H and O–H groups in total. The molecule has 2 aromatic heterocycles. The minimum Gasteiger partial charge on any atom is -0.259 e. The Morgan fingerprint density at radius 2 is 2.27 bits per heavy atom. The van der Waals surface area contributed by atoms with Crippen LogP contribution in [0.1, 0.15) is 0 Å². The Balaban J connectivity index is 3.00. The zero-order valence-corrected chi connectivity index (χ0v) is 5.22. The van der Waals surface area contributed by atoms with Crippen LogP contribution in [0.2, 0.25) is 0 Å². The molecule has 0 saturated heterocycles. The van der Waals surface area contributed by atoms with Crippen molar-refractivity contribution in [3.63, 3.8) is 0 Å². The molecule has 0 amide bonds. The lowest BCUT2D eigenvalue weighted by molar-refractivity contribution is 0.865. The molecule has 0 atom stereocenters. The first kappa shape index (κ1) is 5.83. The van der Waals surface area contributed by atoms with Crippen LogP contribution in [0.25, 0.3) is 11.2 Å². The maximum atomic E-state index is 10.6. The molecule has 0 aromatic carbocycles. The van der Waals surface area contributed by atoms with Crippen LogP contribution >= 0.6 is 0 Å². The van der Waals surface area contributed by atoms with E-state index in [1.807, 2.05) is 0 Å². The van der Waals surface area contributed by atoms with Crippen LogP contribution in [-0.4, -0.2) is 30.6 Å². The number of hydrogen-bond acceptors (Lipinski definition) is 6. The third-order valence-corrected chi connectivity index (χ3v) is 1.09. The van der Waals surface area contributed by atoms with Crippen molar-refractivity contribution in [3.8, 4) is 0 Å². The predicted molar refractivity (Wildman–Crippen MR) is 33.5 cm³/mol. The van der Waals surface area contributed by atoms with Gasteiger partial charge in [0.15, 0.2) is 11.2 Å². The van der Waals surface area contributed by atoms with Gasteiger partial charge in [-0.05, 0) is 5.21 Å². The predicted octanol–water partition coefficient (Wildman–Crippen LogP) is -1.50. The van der Waals surface area contributed by atoms with Crippen LogP contribution in [0.4, 0.5) is 0 Å². The summed E-state index contributed by atoms with van der Waals surface area (Å²) in [4.78, 5) is 14.1. The van der Waals surface area contributed by atoms with Gasteiger partial charge in [0.05, 0.1) is 6.20 Å². The van der Waals surface area contributed by atoms with Crippen molar-refractivity contribution in [3.05, 3.63) is 16.7 Å². The van der Waals surface area contributed by atoms with Crippen molar-refractivity contribution in [2.75, 3.05) is 0 Å². The summed E-state index contributed by atoms with van der Waals surface area (Å²) >= 11 is 0. The fraction of sp³-hybridized carbons (Fsp3) is 0. The molecule has 0 aliphatic heterocycles. The summed E-state index contributed by atoms with van der Waals surface area (Å²) in [5.74, 6) is 0. The summed E-state index contributed by atoms with van der Waals surface area (Å²) in [5, 5.41) is 16.0. The van der Waals surface area contributed by atoms with Gasteiger partial charge in [-0.1, -0.05) is 5.10 Å². The average molecular weight is 150 g/mol. The van der Waals surface area contributed by atoms with E-state index in [4.69, 9.17) is 0 Å². The van der Waals surface area contributed by atoms with E-state index < -0.39 is 5.69 Å².